The molecule has 164 valence electrons. The standard InChI is InChI=1S/C26H23BrClNO3/c1-16(2)18-5-7-19(8-6-18)24(30)14-26(32)22-13-20(27)9-12-23(22)29(25(26)31)15-17-3-10-21(28)11-4-17/h3-13,16,32H,14-15H2,1-2H3. The normalized spacial score (nSPS) is 17.7. The zero-order valence-electron chi connectivity index (χ0n) is 17.8. The summed E-state index contributed by atoms with van der Waals surface area (Å²) >= 11 is 9.40. The van der Waals surface area contributed by atoms with Crippen LogP contribution in [0.25, 0.3) is 0 Å². The Morgan fingerprint density at radius 1 is 1.06 bits per heavy atom. The van der Waals surface area contributed by atoms with Crippen LogP contribution < -0.4 is 4.90 Å². The van der Waals surface area contributed by atoms with Gasteiger partial charge < -0.3 is 10.0 Å². The molecule has 1 aliphatic rings. The molecule has 0 saturated heterocycles. The number of aliphatic hydroxyl groups is 1. The maximum atomic E-state index is 13.5. The molecular weight excluding hydrogens is 490 g/mol. The number of rotatable bonds is 6. The van der Waals surface area contributed by atoms with Gasteiger partial charge in [-0.05, 0) is 47.4 Å². The molecule has 4 nitrogen and oxygen atoms in total. The molecule has 0 aromatic heterocycles. The lowest BCUT2D eigenvalue weighted by atomic mass is 9.87. The minimum absolute atomic E-state index is 0.268. The first-order chi connectivity index (χ1) is 15.2. The van der Waals surface area contributed by atoms with Gasteiger partial charge in [0.25, 0.3) is 5.91 Å². The number of ketones is 1. The summed E-state index contributed by atoms with van der Waals surface area (Å²) < 4.78 is 0.726. The summed E-state index contributed by atoms with van der Waals surface area (Å²) in [4.78, 5) is 28.1. The maximum Gasteiger partial charge on any atom is 0.264 e. The predicted molar refractivity (Wildman–Crippen MR) is 130 cm³/mol. The third kappa shape index (κ3) is 4.25. The van der Waals surface area contributed by atoms with Gasteiger partial charge in [0, 0.05) is 20.6 Å². The van der Waals surface area contributed by atoms with Crippen LogP contribution in [0.15, 0.2) is 71.2 Å². The fraction of sp³-hybridized carbons (Fsp3) is 0.231. The highest BCUT2D eigenvalue weighted by Gasteiger charge is 2.51. The first-order valence-corrected chi connectivity index (χ1v) is 11.6. The number of amides is 1. The van der Waals surface area contributed by atoms with Crippen molar-refractivity contribution in [1.82, 2.24) is 0 Å². The van der Waals surface area contributed by atoms with E-state index >= 15 is 0 Å². The Labute approximate surface area is 201 Å². The first kappa shape index (κ1) is 22.7. The van der Waals surface area contributed by atoms with Crippen molar-refractivity contribution in [2.45, 2.75) is 38.3 Å². The number of Topliss-reactive ketones (excluding diaryl/α,β-unsaturated/α-hetero) is 1. The van der Waals surface area contributed by atoms with Crippen LogP contribution >= 0.6 is 27.5 Å². The van der Waals surface area contributed by atoms with E-state index < -0.39 is 11.5 Å². The van der Waals surface area contributed by atoms with Gasteiger partial charge in [0.1, 0.15) is 0 Å². The molecule has 0 spiro atoms. The van der Waals surface area contributed by atoms with Crippen molar-refractivity contribution in [2.75, 3.05) is 4.90 Å². The van der Waals surface area contributed by atoms with Gasteiger partial charge in [-0.25, -0.2) is 0 Å². The lowest BCUT2D eigenvalue weighted by molar-refractivity contribution is -0.136. The zero-order chi connectivity index (χ0) is 23.0. The molecule has 1 N–H and O–H groups in total. The Bertz CT molecular complexity index is 1170. The van der Waals surface area contributed by atoms with Gasteiger partial charge in [0.05, 0.1) is 18.7 Å². The van der Waals surface area contributed by atoms with Gasteiger partial charge in [-0.1, -0.05) is 77.8 Å². The van der Waals surface area contributed by atoms with E-state index in [-0.39, 0.29) is 18.7 Å². The van der Waals surface area contributed by atoms with Crippen molar-refractivity contribution >= 4 is 44.9 Å². The lowest BCUT2D eigenvalue weighted by Crippen LogP contribution is -2.41. The summed E-state index contributed by atoms with van der Waals surface area (Å²) in [5.41, 5.74) is 1.57. The van der Waals surface area contributed by atoms with Crippen molar-refractivity contribution in [2.24, 2.45) is 0 Å². The Morgan fingerprint density at radius 3 is 2.34 bits per heavy atom. The van der Waals surface area contributed by atoms with Crippen molar-refractivity contribution in [1.29, 1.82) is 0 Å². The number of halogens is 2. The van der Waals surface area contributed by atoms with Crippen LogP contribution in [0.2, 0.25) is 5.02 Å². The molecule has 1 amide bonds. The second-order valence-electron chi connectivity index (χ2n) is 8.42. The van der Waals surface area contributed by atoms with Crippen LogP contribution in [0.3, 0.4) is 0 Å². The molecule has 4 rings (SSSR count). The summed E-state index contributed by atoms with van der Waals surface area (Å²) in [5.74, 6) is -0.437. The molecule has 1 unspecified atom stereocenters. The number of hydrogen-bond acceptors (Lipinski definition) is 3. The third-order valence-electron chi connectivity index (χ3n) is 5.86. The summed E-state index contributed by atoms with van der Waals surface area (Å²) in [7, 11) is 0. The molecule has 1 heterocycles. The maximum absolute atomic E-state index is 13.5. The van der Waals surface area contributed by atoms with Crippen LogP contribution in [0.1, 0.15) is 53.2 Å². The van der Waals surface area contributed by atoms with Crippen LogP contribution in [-0.2, 0) is 16.9 Å². The van der Waals surface area contributed by atoms with E-state index in [9.17, 15) is 14.7 Å². The summed E-state index contributed by atoms with van der Waals surface area (Å²) in [6.45, 7) is 4.44. The highest BCUT2D eigenvalue weighted by molar-refractivity contribution is 9.10. The predicted octanol–water partition coefficient (Wildman–Crippen LogP) is 6.23. The fourth-order valence-electron chi connectivity index (χ4n) is 4.01. The van der Waals surface area contributed by atoms with E-state index in [2.05, 4.69) is 29.8 Å². The van der Waals surface area contributed by atoms with Gasteiger partial charge in [-0.2, -0.15) is 0 Å². The van der Waals surface area contributed by atoms with Gasteiger partial charge in [-0.3, -0.25) is 9.59 Å². The molecule has 0 radical (unpaired) electrons. The van der Waals surface area contributed by atoms with Crippen LogP contribution in [-0.4, -0.2) is 16.8 Å². The second-order valence-corrected chi connectivity index (χ2v) is 9.77. The molecule has 0 saturated carbocycles. The molecule has 1 aliphatic heterocycles. The third-order valence-corrected chi connectivity index (χ3v) is 6.61. The number of fused-ring (bicyclic) bond motifs is 1. The highest BCUT2D eigenvalue weighted by Crippen LogP contribution is 2.44. The molecular formula is C26H23BrClNO3. The van der Waals surface area contributed by atoms with Crippen molar-refractivity contribution < 1.29 is 14.7 Å². The van der Waals surface area contributed by atoms with Gasteiger partial charge in [0.15, 0.2) is 11.4 Å². The Kier molecular flexibility index (Phi) is 6.26. The fourth-order valence-corrected chi connectivity index (χ4v) is 4.50. The lowest BCUT2D eigenvalue weighted by Gasteiger charge is -2.23. The minimum Gasteiger partial charge on any atom is -0.375 e. The second kappa shape index (κ2) is 8.81. The van der Waals surface area contributed by atoms with E-state index in [4.69, 9.17) is 11.6 Å². The largest absolute Gasteiger partial charge is 0.375 e. The minimum atomic E-state index is -1.93. The number of nitrogens with zero attached hydrogens (tertiary/aromatic N) is 1. The number of carbonyl (C=O) groups excluding carboxylic acids is 2. The van der Waals surface area contributed by atoms with E-state index in [0.29, 0.717) is 27.8 Å². The SMILES string of the molecule is CC(C)c1ccc(C(=O)CC2(O)C(=O)N(Cc3ccc(Cl)cc3)c3ccc(Br)cc32)cc1. The Morgan fingerprint density at radius 2 is 1.72 bits per heavy atom. The monoisotopic (exact) mass is 511 g/mol. The van der Waals surface area contributed by atoms with Crippen molar-refractivity contribution in [3.8, 4) is 0 Å². The zero-order valence-corrected chi connectivity index (χ0v) is 20.2. The quantitative estimate of drug-likeness (QED) is 0.398. The number of anilines is 1. The smallest absolute Gasteiger partial charge is 0.264 e. The molecule has 32 heavy (non-hydrogen) atoms. The van der Waals surface area contributed by atoms with Crippen molar-refractivity contribution in [3.05, 3.63) is 98.5 Å². The molecule has 1 atom stereocenters. The molecule has 3 aromatic carbocycles. The molecule has 3 aromatic rings. The average molecular weight is 513 g/mol. The van der Waals surface area contributed by atoms with Gasteiger partial charge in [-0.15, -0.1) is 0 Å². The van der Waals surface area contributed by atoms with E-state index in [0.717, 1.165) is 15.6 Å². The van der Waals surface area contributed by atoms with E-state index in [1.807, 2.05) is 30.3 Å². The van der Waals surface area contributed by atoms with Crippen LogP contribution in [0.4, 0.5) is 5.69 Å². The van der Waals surface area contributed by atoms with Crippen LogP contribution in [0.5, 0.6) is 0 Å². The summed E-state index contributed by atoms with van der Waals surface area (Å²) in [5, 5.41) is 12.2. The molecule has 0 bridgehead atoms. The highest BCUT2D eigenvalue weighted by atomic mass is 79.9. The molecule has 6 heteroatoms. The molecule has 0 fully saturated rings. The van der Waals surface area contributed by atoms with E-state index in [1.165, 1.54) is 4.90 Å². The number of carbonyl (C=O) groups is 2. The number of hydrogen-bond donors (Lipinski definition) is 1. The van der Waals surface area contributed by atoms with Crippen molar-refractivity contribution in [3.63, 3.8) is 0 Å². The Hall–Kier alpha value is -2.47. The van der Waals surface area contributed by atoms with Gasteiger partial charge >= 0.3 is 0 Å². The van der Waals surface area contributed by atoms with E-state index in [1.54, 1.807) is 36.4 Å². The van der Waals surface area contributed by atoms with Crippen LogP contribution in [0, 0.1) is 0 Å². The average Bonchev–Trinajstić information content (AvgIpc) is 2.96. The summed E-state index contributed by atoms with van der Waals surface area (Å²) in [6, 6.07) is 19.9. The summed E-state index contributed by atoms with van der Waals surface area (Å²) in [6.07, 6.45) is -0.326. The number of benzene rings is 3. The first-order valence-electron chi connectivity index (χ1n) is 10.4. The topological polar surface area (TPSA) is 57.6 Å². The Balaban J connectivity index is 1.66. The van der Waals surface area contributed by atoms with Gasteiger partial charge in [0.2, 0.25) is 0 Å². The molecule has 0 aliphatic carbocycles.